The van der Waals surface area contributed by atoms with Crippen LogP contribution in [0.2, 0.25) is 0 Å². The molecule has 0 radical (unpaired) electrons. The van der Waals surface area contributed by atoms with Crippen LogP contribution < -0.4 is 0 Å². The van der Waals surface area contributed by atoms with Crippen molar-refractivity contribution in [1.29, 1.82) is 0 Å². The second kappa shape index (κ2) is 4.85. The van der Waals surface area contributed by atoms with Crippen LogP contribution in [-0.2, 0) is 6.42 Å². The third-order valence-corrected chi connectivity index (χ3v) is 6.92. The molecule has 1 saturated carbocycles. The van der Waals surface area contributed by atoms with Crippen LogP contribution >= 0.6 is 0 Å². The standard InChI is InChI=1S/C22H28/c1-14(2)20-9-10-21-19-8-6-16-13-15(3)5-7-17(16)18(19)11-12-22(20,21)4/h5,7,9,13,18-19,21H,1,6,8,10-12H2,2-4H3. The van der Waals surface area contributed by atoms with Crippen molar-refractivity contribution < 1.29 is 0 Å². The summed E-state index contributed by atoms with van der Waals surface area (Å²) in [5.74, 6) is 2.52. The van der Waals surface area contributed by atoms with E-state index in [0.717, 1.165) is 17.8 Å². The maximum Gasteiger partial charge on any atom is -0.00417 e. The first-order chi connectivity index (χ1) is 10.5. The minimum atomic E-state index is 0.398. The summed E-state index contributed by atoms with van der Waals surface area (Å²) < 4.78 is 0. The molecule has 0 N–H and O–H groups in total. The van der Waals surface area contributed by atoms with Crippen molar-refractivity contribution in [2.75, 3.05) is 0 Å². The van der Waals surface area contributed by atoms with E-state index in [4.69, 9.17) is 0 Å². The lowest BCUT2D eigenvalue weighted by Crippen LogP contribution is -2.41. The Morgan fingerprint density at radius 2 is 2.09 bits per heavy atom. The van der Waals surface area contributed by atoms with Gasteiger partial charge in [-0.25, -0.2) is 0 Å². The van der Waals surface area contributed by atoms with Gasteiger partial charge in [-0.1, -0.05) is 48.9 Å². The summed E-state index contributed by atoms with van der Waals surface area (Å²) in [7, 11) is 0. The number of rotatable bonds is 1. The molecule has 0 heteroatoms. The van der Waals surface area contributed by atoms with Gasteiger partial charge in [-0.05, 0) is 85.8 Å². The van der Waals surface area contributed by atoms with Crippen molar-refractivity contribution in [1.82, 2.24) is 0 Å². The molecule has 0 aliphatic heterocycles. The molecule has 22 heavy (non-hydrogen) atoms. The lowest BCUT2D eigenvalue weighted by molar-refractivity contribution is 0.0767. The molecule has 4 rings (SSSR count). The molecule has 1 aromatic rings. The van der Waals surface area contributed by atoms with Gasteiger partial charge in [-0.15, -0.1) is 0 Å². The molecule has 3 aliphatic rings. The van der Waals surface area contributed by atoms with Gasteiger partial charge >= 0.3 is 0 Å². The fraction of sp³-hybridized carbons (Fsp3) is 0.545. The number of aryl methyl sites for hydroxylation is 2. The Hall–Kier alpha value is -1.30. The second-order valence-electron chi connectivity index (χ2n) is 8.21. The van der Waals surface area contributed by atoms with Gasteiger partial charge in [0, 0.05) is 0 Å². The predicted octanol–water partition coefficient (Wildman–Crippen LogP) is 5.96. The zero-order chi connectivity index (χ0) is 15.5. The van der Waals surface area contributed by atoms with E-state index in [9.17, 15) is 0 Å². The van der Waals surface area contributed by atoms with Crippen molar-refractivity contribution in [3.05, 3.63) is 58.7 Å². The second-order valence-corrected chi connectivity index (χ2v) is 8.21. The molecule has 1 aromatic carbocycles. The maximum atomic E-state index is 4.25. The normalized spacial score (nSPS) is 36.1. The molecule has 0 heterocycles. The Kier molecular flexibility index (Phi) is 3.15. The van der Waals surface area contributed by atoms with Crippen molar-refractivity contribution in [3.63, 3.8) is 0 Å². The van der Waals surface area contributed by atoms with Crippen molar-refractivity contribution in [3.8, 4) is 0 Å². The smallest absolute Gasteiger partial charge is 0.00417 e. The first-order valence-electron chi connectivity index (χ1n) is 8.96. The summed E-state index contributed by atoms with van der Waals surface area (Å²) in [6, 6.07) is 7.19. The highest BCUT2D eigenvalue weighted by atomic mass is 14.6. The Morgan fingerprint density at radius 1 is 1.27 bits per heavy atom. The first kappa shape index (κ1) is 14.3. The fourth-order valence-electron chi connectivity index (χ4n) is 5.94. The Balaban J connectivity index is 1.70. The van der Waals surface area contributed by atoms with Gasteiger partial charge < -0.3 is 0 Å². The summed E-state index contributed by atoms with van der Waals surface area (Å²) in [5, 5.41) is 0. The number of allylic oxidation sites excluding steroid dienone is 3. The number of fused-ring (bicyclic) bond motifs is 5. The molecule has 0 aromatic heterocycles. The van der Waals surface area contributed by atoms with E-state index in [-0.39, 0.29) is 0 Å². The third kappa shape index (κ3) is 1.89. The van der Waals surface area contributed by atoms with Gasteiger partial charge in [0.25, 0.3) is 0 Å². The van der Waals surface area contributed by atoms with Crippen LogP contribution in [-0.4, -0.2) is 0 Å². The van der Waals surface area contributed by atoms with E-state index >= 15 is 0 Å². The average molecular weight is 292 g/mol. The maximum absolute atomic E-state index is 4.25. The van der Waals surface area contributed by atoms with E-state index in [0.29, 0.717) is 5.41 Å². The molecule has 116 valence electrons. The molecule has 4 unspecified atom stereocenters. The highest BCUT2D eigenvalue weighted by Gasteiger charge is 2.51. The minimum Gasteiger partial charge on any atom is -0.0958 e. The molecular formula is C22H28. The molecule has 0 saturated heterocycles. The van der Waals surface area contributed by atoms with Crippen molar-refractivity contribution >= 4 is 0 Å². The van der Waals surface area contributed by atoms with Crippen molar-refractivity contribution in [2.24, 2.45) is 17.3 Å². The number of benzene rings is 1. The highest BCUT2D eigenvalue weighted by Crippen LogP contribution is 2.61. The molecule has 0 amide bonds. The largest absolute Gasteiger partial charge is 0.0958 e. The lowest BCUT2D eigenvalue weighted by atomic mass is 9.54. The number of hydrogen-bond acceptors (Lipinski definition) is 0. The van der Waals surface area contributed by atoms with Gasteiger partial charge in [0.2, 0.25) is 0 Å². The predicted molar refractivity (Wildman–Crippen MR) is 94.1 cm³/mol. The van der Waals surface area contributed by atoms with Crippen LogP contribution in [0.1, 0.15) is 62.1 Å². The summed E-state index contributed by atoms with van der Waals surface area (Å²) in [4.78, 5) is 0. The van der Waals surface area contributed by atoms with E-state index in [1.165, 1.54) is 43.2 Å². The van der Waals surface area contributed by atoms with Crippen LogP contribution in [0.15, 0.2) is 42.0 Å². The van der Waals surface area contributed by atoms with E-state index < -0.39 is 0 Å². The molecule has 4 atom stereocenters. The zero-order valence-electron chi connectivity index (χ0n) is 14.3. The van der Waals surface area contributed by atoms with Gasteiger partial charge in [0.15, 0.2) is 0 Å². The lowest BCUT2D eigenvalue weighted by Gasteiger charge is -2.50. The van der Waals surface area contributed by atoms with Crippen LogP contribution in [0.4, 0.5) is 0 Å². The van der Waals surface area contributed by atoms with Crippen LogP contribution in [0, 0.1) is 24.2 Å². The fourth-order valence-corrected chi connectivity index (χ4v) is 5.94. The summed E-state index contributed by atoms with van der Waals surface area (Å²) in [5.41, 5.74) is 8.00. The quantitative estimate of drug-likeness (QED) is 0.598. The van der Waals surface area contributed by atoms with Crippen LogP contribution in [0.5, 0.6) is 0 Å². The molecule has 3 aliphatic carbocycles. The molecule has 0 spiro atoms. The summed E-state index contributed by atoms with van der Waals surface area (Å²) in [6.45, 7) is 11.2. The van der Waals surface area contributed by atoms with Gasteiger partial charge in [0.1, 0.15) is 0 Å². The highest BCUT2D eigenvalue weighted by molar-refractivity contribution is 5.42. The summed E-state index contributed by atoms with van der Waals surface area (Å²) in [6.07, 6.45) is 9.16. The van der Waals surface area contributed by atoms with Crippen LogP contribution in [0.25, 0.3) is 0 Å². The van der Waals surface area contributed by atoms with Crippen molar-refractivity contribution in [2.45, 2.75) is 58.8 Å². The van der Waals surface area contributed by atoms with E-state index in [1.54, 1.807) is 16.7 Å². The monoisotopic (exact) mass is 292 g/mol. The van der Waals surface area contributed by atoms with Gasteiger partial charge in [-0.2, -0.15) is 0 Å². The van der Waals surface area contributed by atoms with E-state index in [2.05, 4.69) is 51.6 Å². The van der Waals surface area contributed by atoms with Gasteiger partial charge in [-0.3, -0.25) is 0 Å². The van der Waals surface area contributed by atoms with Crippen LogP contribution in [0.3, 0.4) is 0 Å². The average Bonchev–Trinajstić information content (AvgIpc) is 2.84. The zero-order valence-corrected chi connectivity index (χ0v) is 14.3. The topological polar surface area (TPSA) is 0 Å². The SMILES string of the molecule is C=C(C)C1=CCC2C3CCc4cc(C)ccc4C3CCC12C. The first-order valence-corrected chi connectivity index (χ1v) is 8.96. The molecular weight excluding hydrogens is 264 g/mol. The Morgan fingerprint density at radius 3 is 2.86 bits per heavy atom. The number of hydrogen-bond donors (Lipinski definition) is 0. The van der Waals surface area contributed by atoms with E-state index in [1.807, 2.05) is 0 Å². The Bertz CT molecular complexity index is 663. The molecule has 1 fully saturated rings. The molecule has 0 nitrogen and oxygen atoms in total. The molecule has 0 bridgehead atoms. The summed E-state index contributed by atoms with van der Waals surface area (Å²) >= 11 is 0. The Labute approximate surface area is 135 Å². The minimum absolute atomic E-state index is 0.398. The van der Waals surface area contributed by atoms with Gasteiger partial charge in [0.05, 0.1) is 0 Å². The third-order valence-electron chi connectivity index (χ3n) is 6.92.